The average Bonchev–Trinajstić information content (AvgIpc) is 2.45. The number of carbonyl (C=O) groups excluding carboxylic acids is 2. The molecule has 1 heterocycles. The molecule has 0 fully saturated rings. The van der Waals surface area contributed by atoms with Gasteiger partial charge in [0.15, 0.2) is 0 Å². The Bertz CT molecular complexity index is 618. The number of amides is 1. The van der Waals surface area contributed by atoms with Gasteiger partial charge >= 0.3 is 5.97 Å². The Morgan fingerprint density at radius 1 is 1.35 bits per heavy atom. The van der Waals surface area contributed by atoms with Crippen LogP contribution in [-0.2, 0) is 20.7 Å². The summed E-state index contributed by atoms with van der Waals surface area (Å²) in [5.41, 5.74) is 1.17. The number of hydrogen-bond donors (Lipinski definition) is 2. The Labute approximate surface area is 136 Å². The minimum Gasteiger partial charge on any atom is -0.512 e. The second-order valence-corrected chi connectivity index (χ2v) is 6.33. The van der Waals surface area contributed by atoms with E-state index in [0.717, 1.165) is 23.7 Å². The van der Waals surface area contributed by atoms with Gasteiger partial charge in [0, 0.05) is 19.0 Å². The van der Waals surface area contributed by atoms with E-state index in [1.165, 1.54) is 6.92 Å². The van der Waals surface area contributed by atoms with E-state index >= 15 is 0 Å². The number of hydrogen-bond acceptors (Lipinski definition) is 4. The first kappa shape index (κ1) is 17.1. The van der Waals surface area contributed by atoms with Gasteiger partial charge in [0.2, 0.25) is 5.91 Å². The molecule has 1 unspecified atom stereocenters. The number of cyclic esters (lactones) is 1. The SMILES string of the molecule is CC(=O)Nc1ccc(CCC2(C(C)C)CC(O)=CC(=O)O2)cc1. The minimum absolute atomic E-state index is 0.0796. The molecule has 1 atom stereocenters. The second-order valence-electron chi connectivity index (χ2n) is 6.33. The van der Waals surface area contributed by atoms with Crippen LogP contribution in [0, 0.1) is 5.92 Å². The molecule has 0 saturated heterocycles. The van der Waals surface area contributed by atoms with Gasteiger partial charge in [-0.05, 0) is 36.5 Å². The summed E-state index contributed by atoms with van der Waals surface area (Å²) in [5.74, 6) is -0.409. The largest absolute Gasteiger partial charge is 0.512 e. The van der Waals surface area contributed by atoms with Crippen molar-refractivity contribution < 1.29 is 19.4 Å². The summed E-state index contributed by atoms with van der Waals surface area (Å²) in [6.07, 6.45) is 2.84. The maximum absolute atomic E-state index is 11.7. The lowest BCUT2D eigenvalue weighted by molar-refractivity contribution is -0.163. The third-order valence-corrected chi connectivity index (χ3v) is 4.23. The number of nitrogens with one attached hydrogen (secondary N) is 1. The molecule has 0 aliphatic carbocycles. The first-order valence-corrected chi connectivity index (χ1v) is 7.80. The lowest BCUT2D eigenvalue weighted by atomic mass is 9.80. The van der Waals surface area contributed by atoms with E-state index in [0.29, 0.717) is 12.8 Å². The van der Waals surface area contributed by atoms with Crippen LogP contribution in [0.3, 0.4) is 0 Å². The van der Waals surface area contributed by atoms with Gasteiger partial charge in [0.1, 0.15) is 11.4 Å². The molecule has 0 saturated carbocycles. The summed E-state index contributed by atoms with van der Waals surface area (Å²) >= 11 is 0. The highest BCUT2D eigenvalue weighted by molar-refractivity contribution is 5.88. The predicted molar refractivity (Wildman–Crippen MR) is 88.1 cm³/mol. The summed E-state index contributed by atoms with van der Waals surface area (Å²) in [5, 5.41) is 12.5. The van der Waals surface area contributed by atoms with Crippen LogP contribution in [-0.4, -0.2) is 22.6 Å². The summed E-state index contributed by atoms with van der Waals surface area (Å²) in [6, 6.07) is 7.59. The third-order valence-electron chi connectivity index (χ3n) is 4.23. The lowest BCUT2D eigenvalue weighted by Gasteiger charge is -2.39. The van der Waals surface area contributed by atoms with Crippen LogP contribution < -0.4 is 5.32 Å². The molecule has 1 amide bonds. The molecule has 0 spiro atoms. The van der Waals surface area contributed by atoms with E-state index in [1.54, 1.807) is 0 Å². The third kappa shape index (κ3) is 4.34. The van der Waals surface area contributed by atoms with Crippen molar-refractivity contribution in [2.75, 3.05) is 5.32 Å². The molecule has 124 valence electrons. The molecule has 0 bridgehead atoms. The fraction of sp³-hybridized carbons (Fsp3) is 0.444. The molecular formula is C18H23NO4. The number of ether oxygens (including phenoxy) is 1. The van der Waals surface area contributed by atoms with Gasteiger partial charge in [-0.3, -0.25) is 4.79 Å². The fourth-order valence-electron chi connectivity index (χ4n) is 2.82. The van der Waals surface area contributed by atoms with Gasteiger partial charge in [-0.2, -0.15) is 0 Å². The molecule has 0 radical (unpaired) electrons. The number of aliphatic hydroxyl groups excluding tert-OH is 1. The Balaban J connectivity index is 2.06. The first-order chi connectivity index (χ1) is 10.8. The van der Waals surface area contributed by atoms with Gasteiger partial charge in [0.05, 0.1) is 6.08 Å². The molecule has 1 aromatic carbocycles. The quantitative estimate of drug-likeness (QED) is 0.817. The molecule has 5 nitrogen and oxygen atoms in total. The van der Waals surface area contributed by atoms with Crippen LogP contribution in [0.5, 0.6) is 0 Å². The van der Waals surface area contributed by atoms with Crippen LogP contribution in [0.25, 0.3) is 0 Å². The lowest BCUT2D eigenvalue weighted by Crippen LogP contribution is -2.43. The summed E-state index contributed by atoms with van der Waals surface area (Å²) in [6.45, 7) is 5.45. The number of anilines is 1. The Morgan fingerprint density at radius 2 is 2.00 bits per heavy atom. The van der Waals surface area contributed by atoms with E-state index < -0.39 is 11.6 Å². The van der Waals surface area contributed by atoms with Crippen molar-refractivity contribution in [3.8, 4) is 0 Å². The molecule has 0 aromatic heterocycles. The van der Waals surface area contributed by atoms with Gasteiger partial charge in [-0.15, -0.1) is 0 Å². The van der Waals surface area contributed by atoms with Gasteiger partial charge in [-0.25, -0.2) is 4.79 Å². The highest BCUT2D eigenvalue weighted by atomic mass is 16.6. The molecule has 23 heavy (non-hydrogen) atoms. The molecule has 1 aliphatic heterocycles. The number of esters is 1. The monoisotopic (exact) mass is 317 g/mol. The number of aryl methyl sites for hydroxylation is 1. The van der Waals surface area contributed by atoms with E-state index in [4.69, 9.17) is 4.74 Å². The molecular weight excluding hydrogens is 294 g/mol. The normalized spacial score (nSPS) is 20.9. The van der Waals surface area contributed by atoms with Crippen molar-refractivity contribution in [2.45, 2.75) is 45.6 Å². The highest BCUT2D eigenvalue weighted by Crippen LogP contribution is 2.36. The summed E-state index contributed by atoms with van der Waals surface area (Å²) < 4.78 is 5.57. The Morgan fingerprint density at radius 3 is 2.52 bits per heavy atom. The van der Waals surface area contributed by atoms with Crippen LogP contribution in [0.4, 0.5) is 5.69 Å². The average molecular weight is 317 g/mol. The van der Waals surface area contributed by atoms with Crippen molar-refractivity contribution in [3.05, 3.63) is 41.7 Å². The fourth-order valence-corrected chi connectivity index (χ4v) is 2.82. The summed E-state index contributed by atoms with van der Waals surface area (Å²) in [7, 11) is 0. The van der Waals surface area contributed by atoms with Gasteiger partial charge in [0.25, 0.3) is 0 Å². The smallest absolute Gasteiger partial charge is 0.334 e. The standard InChI is InChI=1S/C18H23NO4/c1-12(2)18(11-16(21)10-17(22)23-18)9-8-14-4-6-15(7-5-14)19-13(3)20/h4-7,10,12,21H,8-9,11H2,1-3H3,(H,19,20). The summed E-state index contributed by atoms with van der Waals surface area (Å²) in [4.78, 5) is 22.7. The van der Waals surface area contributed by atoms with Crippen molar-refractivity contribution in [1.82, 2.24) is 0 Å². The Kier molecular flexibility index (Phi) is 5.08. The molecule has 1 aliphatic rings. The highest BCUT2D eigenvalue weighted by Gasteiger charge is 2.41. The maximum Gasteiger partial charge on any atom is 0.334 e. The van der Waals surface area contributed by atoms with E-state index in [2.05, 4.69) is 5.32 Å². The van der Waals surface area contributed by atoms with Crippen LogP contribution in [0.2, 0.25) is 0 Å². The van der Waals surface area contributed by atoms with Crippen LogP contribution in [0.1, 0.15) is 39.2 Å². The zero-order valence-corrected chi connectivity index (χ0v) is 13.8. The number of aliphatic hydroxyl groups is 1. The second kappa shape index (κ2) is 6.86. The molecule has 2 rings (SSSR count). The van der Waals surface area contributed by atoms with Crippen molar-refractivity contribution in [1.29, 1.82) is 0 Å². The molecule has 1 aromatic rings. The molecule has 5 heteroatoms. The van der Waals surface area contributed by atoms with E-state index in [9.17, 15) is 14.7 Å². The van der Waals surface area contributed by atoms with Crippen molar-refractivity contribution in [2.24, 2.45) is 5.92 Å². The van der Waals surface area contributed by atoms with E-state index in [-0.39, 0.29) is 17.6 Å². The zero-order valence-electron chi connectivity index (χ0n) is 13.8. The number of benzene rings is 1. The number of rotatable bonds is 5. The Hall–Kier alpha value is -2.30. The van der Waals surface area contributed by atoms with E-state index in [1.807, 2.05) is 38.1 Å². The minimum atomic E-state index is -0.674. The van der Waals surface area contributed by atoms with Gasteiger partial charge in [-0.1, -0.05) is 26.0 Å². The van der Waals surface area contributed by atoms with Crippen molar-refractivity contribution >= 4 is 17.6 Å². The van der Waals surface area contributed by atoms with Crippen LogP contribution >= 0.6 is 0 Å². The van der Waals surface area contributed by atoms with Gasteiger partial charge < -0.3 is 15.2 Å². The predicted octanol–water partition coefficient (Wildman–Crippen LogP) is 3.36. The topological polar surface area (TPSA) is 75.6 Å². The maximum atomic E-state index is 11.7. The zero-order chi connectivity index (χ0) is 17.0. The molecule has 2 N–H and O–H groups in total. The number of carbonyl (C=O) groups is 2. The first-order valence-electron chi connectivity index (χ1n) is 7.80. The van der Waals surface area contributed by atoms with Crippen LogP contribution in [0.15, 0.2) is 36.1 Å². The van der Waals surface area contributed by atoms with Crippen molar-refractivity contribution in [3.63, 3.8) is 0 Å².